The van der Waals surface area contributed by atoms with Crippen molar-refractivity contribution in [3.63, 3.8) is 0 Å². The number of carboxylic acids is 3. The molecule has 0 saturated carbocycles. The third-order valence-electron chi connectivity index (χ3n) is 19.6. The lowest BCUT2D eigenvalue weighted by Crippen LogP contribution is -2.47. The van der Waals surface area contributed by atoms with Crippen LogP contribution in [0.25, 0.3) is 0 Å². The molecule has 0 bridgehead atoms. The van der Waals surface area contributed by atoms with Gasteiger partial charge in [-0.2, -0.15) is 21.4 Å². The monoisotopic (exact) mass is 1510 g/mol. The molecule has 0 radical (unpaired) electrons. The van der Waals surface area contributed by atoms with Crippen molar-refractivity contribution in [3.8, 4) is 5.75 Å². The van der Waals surface area contributed by atoms with Crippen molar-refractivity contribution < 1.29 is 88.9 Å². The summed E-state index contributed by atoms with van der Waals surface area (Å²) >= 11 is 0. The third-order valence-corrected chi connectivity index (χ3v) is 21.3. The van der Waals surface area contributed by atoms with Crippen LogP contribution in [0.5, 0.6) is 5.75 Å². The normalized spacial score (nSPS) is 16.5. The lowest BCUT2D eigenvalue weighted by molar-refractivity contribution is -0.438. The largest absolute Gasteiger partial charge is 0.481 e. The number of benzene rings is 5. The van der Waals surface area contributed by atoms with Crippen LogP contribution in [0.4, 0.5) is 16.2 Å². The number of carbonyl (C=O) groups excluding carboxylic acids is 5. The summed E-state index contributed by atoms with van der Waals surface area (Å²) in [6.45, 7) is 9.54. The zero-order valence-electron chi connectivity index (χ0n) is 61.0. The van der Waals surface area contributed by atoms with Crippen LogP contribution in [-0.4, -0.2) is 148 Å². The van der Waals surface area contributed by atoms with E-state index in [0.29, 0.717) is 55.8 Å². The van der Waals surface area contributed by atoms with Crippen molar-refractivity contribution in [2.75, 3.05) is 36.0 Å². The molecule has 1 aliphatic carbocycles. The molecule has 24 nitrogen and oxygen atoms in total. The average molecular weight is 1510 g/mol. The molecule has 26 heteroatoms. The predicted octanol–water partition coefficient (Wildman–Crippen LogP) is 11.3. The van der Waals surface area contributed by atoms with Crippen LogP contribution in [0.1, 0.15) is 158 Å². The number of nitrogens with one attached hydrogen (secondary N) is 4. The van der Waals surface area contributed by atoms with Crippen LogP contribution >= 0.6 is 0 Å². The van der Waals surface area contributed by atoms with E-state index < -0.39 is 96.6 Å². The number of urea groups is 1. The van der Waals surface area contributed by atoms with Gasteiger partial charge in [0.05, 0.1) is 23.0 Å². The maximum absolute atomic E-state index is 14.3. The number of anilines is 1. The summed E-state index contributed by atoms with van der Waals surface area (Å²) in [6, 6.07) is 36.4. The summed E-state index contributed by atoms with van der Waals surface area (Å²) in [7, 11) is -8.30. The van der Waals surface area contributed by atoms with Crippen molar-refractivity contribution in [1.29, 1.82) is 0 Å². The molecule has 9 N–H and O–H groups in total. The van der Waals surface area contributed by atoms with Crippen molar-refractivity contribution in [2.45, 2.75) is 179 Å². The topological polar surface area (TPSA) is 370 Å². The van der Waals surface area contributed by atoms with E-state index in [0.717, 1.165) is 62.6 Å². The van der Waals surface area contributed by atoms with Crippen LogP contribution in [0.2, 0.25) is 0 Å². The summed E-state index contributed by atoms with van der Waals surface area (Å²) in [5.74, 6) is -6.30. The maximum atomic E-state index is 14.3. The first-order valence-electron chi connectivity index (χ1n) is 36.4. The number of hydrogen-bond donors (Lipinski definition) is 9. The maximum Gasteiger partial charge on any atom is 0.326 e. The van der Waals surface area contributed by atoms with Crippen LogP contribution in [0, 0.1) is 5.92 Å². The number of hydrogen-bond acceptors (Lipinski definition) is 14. The van der Waals surface area contributed by atoms with E-state index in [1.807, 2.05) is 36.4 Å². The molecule has 8 rings (SSSR count). The van der Waals surface area contributed by atoms with E-state index in [1.165, 1.54) is 0 Å². The number of amides is 4. The van der Waals surface area contributed by atoms with Crippen molar-refractivity contribution in [1.82, 2.24) is 21.3 Å². The van der Waals surface area contributed by atoms with Crippen LogP contribution < -0.4 is 30.9 Å². The van der Waals surface area contributed by atoms with Gasteiger partial charge < -0.3 is 46.2 Å². The van der Waals surface area contributed by atoms with Gasteiger partial charge in [-0.1, -0.05) is 129 Å². The standard InChI is InChI=1S/C81H98N6O18S2/c1-80(2)63-29-11-13-31-68(63)86(47-17-19-49-106(99,100)101)71(80)44-38-58-27-21-28-59(39-45-72-81(3,4)64-30-12-14-32-69(64)87(72)48-18-20-50-107(102,103)104)75(58)105-62-41-36-57(37-42-62)53-67(78(96)97)83-73(90)34-16-15-33-70(89)66(52-56-25-9-6-10-26-56)84-76(93)60(51-55-23-7-5-8-24-55)54-61(88)40-43-65(77(94)95)85-79(98)82-46-22-35-74(91)92/h5-14,23-26,29-32,36-39,41-42,44-45,60,65-67H,15-22,27-28,33-35,40,43,46-54H2,1-4H3,(H8-,82,83,84,85,90,91,92,93,94,95,96,97,98,99,100,101,102,103,104)/p+1/t60-,65+,66+,67+/m1/s1. The first-order chi connectivity index (χ1) is 50.9. The second-order valence-electron chi connectivity index (χ2n) is 28.5. The third kappa shape index (κ3) is 24.8. The van der Waals surface area contributed by atoms with Gasteiger partial charge in [-0.05, 0) is 155 Å². The molecule has 107 heavy (non-hydrogen) atoms. The van der Waals surface area contributed by atoms with Crippen molar-refractivity contribution >= 4 is 84.6 Å². The van der Waals surface area contributed by atoms with E-state index in [-0.39, 0.29) is 114 Å². The smallest absolute Gasteiger partial charge is 0.326 e. The molecular formula is C81H99N6O18S2+. The Balaban J connectivity index is 0.954. The molecular weight excluding hydrogens is 1410 g/mol. The number of carboxylic acid groups (broad SMARTS) is 3. The number of carbonyl (C=O) groups is 8. The molecule has 5 aromatic rings. The fourth-order valence-electron chi connectivity index (χ4n) is 14.0. The fraction of sp³-hybridized carbons (Fsp3) is 0.420. The van der Waals surface area contributed by atoms with Gasteiger partial charge in [-0.25, -0.2) is 14.4 Å². The number of unbranched alkanes of at least 4 members (excludes halogenated alkanes) is 3. The Labute approximate surface area is 626 Å². The highest BCUT2D eigenvalue weighted by Crippen LogP contribution is 2.48. The number of allylic oxidation sites excluding steroid dienone is 7. The van der Waals surface area contributed by atoms with Gasteiger partial charge >= 0.3 is 23.9 Å². The SMILES string of the molecule is CC1(C)C(=CC=C2CCCC(C=CC3=[N+](CCCCS(=O)(=O)O)c4ccccc4C3(C)C)=C2Oc2ccc(C[C@H](NC(=O)CCCCC(=O)[C@H](Cc3ccccc3)NC(=O)[C@@H](CC(=O)CC[C@H](NC(=O)NCCCC(=O)O)C(=O)O)Cc3ccccc3)C(=O)O)cc2)N(CCCCS(=O)(=O)O)c2ccccc21. The number of Topliss-reactive ketones (excluding diaryl/α,β-unsaturated/α-hetero) is 2. The Bertz CT molecular complexity index is 4420. The highest BCUT2D eigenvalue weighted by Gasteiger charge is 2.44. The Morgan fingerprint density at radius 2 is 1.18 bits per heavy atom. The van der Waals surface area contributed by atoms with Crippen LogP contribution in [0.15, 0.2) is 180 Å². The molecule has 2 aliphatic heterocycles. The van der Waals surface area contributed by atoms with Gasteiger partial charge in [0.15, 0.2) is 11.5 Å². The second-order valence-corrected chi connectivity index (χ2v) is 31.7. The van der Waals surface area contributed by atoms with Gasteiger partial charge in [-0.15, -0.1) is 0 Å². The van der Waals surface area contributed by atoms with Crippen molar-refractivity contribution in [2.24, 2.45) is 5.92 Å². The number of fused-ring (bicyclic) bond motifs is 2. The van der Waals surface area contributed by atoms with Crippen molar-refractivity contribution in [3.05, 3.63) is 208 Å². The minimum Gasteiger partial charge on any atom is -0.481 e. The lowest BCUT2D eigenvalue weighted by atomic mass is 9.81. The molecule has 0 aromatic heterocycles. The quantitative estimate of drug-likeness (QED) is 0.00995. The Kier molecular flexibility index (Phi) is 29.8. The fourth-order valence-corrected chi connectivity index (χ4v) is 15.1. The Hall–Kier alpha value is -9.89. The summed E-state index contributed by atoms with van der Waals surface area (Å²) in [5.41, 5.74) is 9.09. The summed E-state index contributed by atoms with van der Waals surface area (Å²) < 4.78 is 75.1. The minimum absolute atomic E-state index is 0.0218. The van der Waals surface area contributed by atoms with E-state index in [2.05, 4.69) is 94.9 Å². The van der Waals surface area contributed by atoms with Gasteiger partial charge in [0.1, 0.15) is 35.9 Å². The average Bonchev–Trinajstić information content (AvgIpc) is 1.60. The van der Waals surface area contributed by atoms with Gasteiger partial charge in [0.2, 0.25) is 17.5 Å². The molecule has 4 amide bonds. The summed E-state index contributed by atoms with van der Waals surface area (Å²) in [4.78, 5) is 106. The molecule has 0 saturated heterocycles. The molecule has 0 spiro atoms. The number of para-hydroxylation sites is 2. The molecule has 2 heterocycles. The second kappa shape index (κ2) is 38.6. The first kappa shape index (κ1) is 82.8. The Morgan fingerprint density at radius 3 is 1.83 bits per heavy atom. The van der Waals surface area contributed by atoms with Crippen LogP contribution in [-0.2, 0) is 83.9 Å². The predicted molar refractivity (Wildman–Crippen MR) is 407 cm³/mol. The molecule has 3 aliphatic rings. The van der Waals surface area contributed by atoms with Gasteiger partial charge in [-0.3, -0.25) is 33.1 Å². The number of ketones is 2. The molecule has 572 valence electrons. The van der Waals surface area contributed by atoms with E-state index >= 15 is 0 Å². The van der Waals surface area contributed by atoms with Gasteiger partial charge in [0, 0.05) is 98.5 Å². The highest BCUT2D eigenvalue weighted by molar-refractivity contribution is 7.86. The highest BCUT2D eigenvalue weighted by atomic mass is 32.2. The molecule has 0 unspecified atom stereocenters. The summed E-state index contributed by atoms with van der Waals surface area (Å²) in [6.07, 6.45) is 11.2. The number of ether oxygens (including phenoxy) is 1. The Morgan fingerprint density at radius 1 is 0.579 bits per heavy atom. The number of nitrogens with zero attached hydrogens (tertiary/aromatic N) is 2. The zero-order chi connectivity index (χ0) is 77.5. The minimum atomic E-state index is -4.15. The van der Waals surface area contributed by atoms with Crippen LogP contribution in [0.3, 0.4) is 0 Å². The van der Waals surface area contributed by atoms with Gasteiger partial charge in [0.25, 0.3) is 20.2 Å². The van der Waals surface area contributed by atoms with E-state index in [1.54, 1.807) is 84.9 Å². The molecule has 0 fully saturated rings. The van der Waals surface area contributed by atoms with E-state index in [9.17, 15) is 74.5 Å². The first-order valence-corrected chi connectivity index (χ1v) is 39.6. The molecule has 5 aromatic carbocycles. The molecule has 4 atom stereocenters. The summed E-state index contributed by atoms with van der Waals surface area (Å²) in [5, 5.41) is 39.4. The van der Waals surface area contributed by atoms with E-state index in [4.69, 9.17) is 9.84 Å². The zero-order valence-corrected chi connectivity index (χ0v) is 62.7. The number of rotatable bonds is 42. The lowest BCUT2D eigenvalue weighted by Gasteiger charge is -2.27. The number of aliphatic carboxylic acids is 3.